The van der Waals surface area contributed by atoms with E-state index in [9.17, 15) is 0 Å². The zero-order chi connectivity index (χ0) is 12.4. The minimum absolute atomic E-state index is 0.402. The third-order valence-corrected chi connectivity index (χ3v) is 2.66. The lowest BCUT2D eigenvalue weighted by Gasteiger charge is -2.06. The van der Waals surface area contributed by atoms with Crippen LogP contribution >= 0.6 is 11.6 Å². The Balaban J connectivity index is 2.55. The van der Waals surface area contributed by atoms with Crippen molar-refractivity contribution < 1.29 is 0 Å². The predicted octanol–water partition coefficient (Wildman–Crippen LogP) is 3.20. The SMILES string of the molecule is Cc1cc(-c2nc(C)cc(CCl)n2)cc(C)n1. The van der Waals surface area contributed by atoms with Crippen LogP contribution in [0.5, 0.6) is 0 Å². The molecule has 0 aliphatic rings. The third-order valence-electron chi connectivity index (χ3n) is 2.38. The first-order chi connectivity index (χ1) is 8.08. The number of rotatable bonds is 2. The molecule has 0 saturated heterocycles. The molecule has 0 spiro atoms. The van der Waals surface area contributed by atoms with E-state index in [4.69, 9.17) is 11.6 Å². The van der Waals surface area contributed by atoms with Crippen molar-refractivity contribution in [1.29, 1.82) is 0 Å². The summed E-state index contributed by atoms with van der Waals surface area (Å²) in [5, 5.41) is 0. The number of halogens is 1. The molecule has 0 aromatic carbocycles. The second-order valence-corrected chi connectivity index (χ2v) is 4.36. The molecule has 2 heterocycles. The Bertz CT molecular complexity index is 532. The summed E-state index contributed by atoms with van der Waals surface area (Å²) in [6, 6.07) is 5.87. The van der Waals surface area contributed by atoms with E-state index in [0.29, 0.717) is 11.7 Å². The van der Waals surface area contributed by atoms with Gasteiger partial charge in [-0.15, -0.1) is 11.6 Å². The van der Waals surface area contributed by atoms with Crippen LogP contribution in [-0.4, -0.2) is 15.0 Å². The maximum Gasteiger partial charge on any atom is 0.159 e. The number of alkyl halides is 1. The standard InChI is InChI=1S/C13H14ClN3/c1-8-4-11(5-9(2)15-8)13-16-10(3)6-12(7-14)17-13/h4-6H,7H2,1-3H3. The minimum Gasteiger partial charge on any atom is -0.258 e. The molecular weight excluding hydrogens is 234 g/mol. The molecule has 2 aromatic heterocycles. The van der Waals surface area contributed by atoms with Crippen LogP contribution in [0.3, 0.4) is 0 Å². The van der Waals surface area contributed by atoms with Gasteiger partial charge < -0.3 is 0 Å². The normalized spacial score (nSPS) is 10.6. The highest BCUT2D eigenvalue weighted by molar-refractivity contribution is 6.16. The highest BCUT2D eigenvalue weighted by atomic mass is 35.5. The summed E-state index contributed by atoms with van der Waals surface area (Å²) in [6.07, 6.45) is 0. The second-order valence-electron chi connectivity index (χ2n) is 4.10. The Morgan fingerprint density at radius 1 is 0.882 bits per heavy atom. The van der Waals surface area contributed by atoms with Gasteiger partial charge >= 0.3 is 0 Å². The lowest BCUT2D eigenvalue weighted by molar-refractivity contribution is 1.04. The van der Waals surface area contributed by atoms with Gasteiger partial charge in [-0.25, -0.2) is 9.97 Å². The molecule has 4 heteroatoms. The third kappa shape index (κ3) is 2.80. The number of hydrogen-bond acceptors (Lipinski definition) is 3. The smallest absolute Gasteiger partial charge is 0.159 e. The van der Waals surface area contributed by atoms with Crippen molar-refractivity contribution in [2.75, 3.05) is 0 Å². The molecule has 0 radical (unpaired) electrons. The van der Waals surface area contributed by atoms with Gasteiger partial charge in [-0.2, -0.15) is 0 Å². The van der Waals surface area contributed by atoms with E-state index < -0.39 is 0 Å². The Kier molecular flexibility index (Phi) is 3.38. The van der Waals surface area contributed by atoms with Crippen LogP contribution in [0.1, 0.15) is 22.8 Å². The molecule has 0 N–H and O–H groups in total. The van der Waals surface area contributed by atoms with Crippen LogP contribution in [0.25, 0.3) is 11.4 Å². The summed E-state index contributed by atoms with van der Waals surface area (Å²) in [7, 11) is 0. The number of aromatic nitrogens is 3. The molecule has 0 aliphatic heterocycles. The van der Waals surface area contributed by atoms with E-state index in [1.165, 1.54) is 0 Å². The van der Waals surface area contributed by atoms with Gasteiger partial charge in [-0.05, 0) is 39.0 Å². The van der Waals surface area contributed by atoms with Crippen LogP contribution in [0.2, 0.25) is 0 Å². The Hall–Kier alpha value is -1.48. The second kappa shape index (κ2) is 4.80. The van der Waals surface area contributed by atoms with Crippen molar-refractivity contribution in [2.24, 2.45) is 0 Å². The first-order valence-corrected chi connectivity index (χ1v) is 5.98. The van der Waals surface area contributed by atoms with E-state index in [1.54, 1.807) is 0 Å². The molecular formula is C13H14ClN3. The molecule has 0 bridgehead atoms. The summed E-state index contributed by atoms with van der Waals surface area (Å²) in [6.45, 7) is 5.88. The molecule has 17 heavy (non-hydrogen) atoms. The average Bonchev–Trinajstić information content (AvgIpc) is 2.26. The summed E-state index contributed by atoms with van der Waals surface area (Å²) in [5.74, 6) is 1.12. The number of pyridine rings is 1. The van der Waals surface area contributed by atoms with Gasteiger partial charge in [0.25, 0.3) is 0 Å². The van der Waals surface area contributed by atoms with Crippen molar-refractivity contribution in [2.45, 2.75) is 26.7 Å². The summed E-state index contributed by atoms with van der Waals surface area (Å²) in [5.41, 5.74) is 4.71. The van der Waals surface area contributed by atoms with Crippen LogP contribution < -0.4 is 0 Å². The van der Waals surface area contributed by atoms with Crippen LogP contribution in [-0.2, 0) is 5.88 Å². The quantitative estimate of drug-likeness (QED) is 0.765. The number of hydrogen-bond donors (Lipinski definition) is 0. The van der Waals surface area contributed by atoms with Crippen molar-refractivity contribution in [3.8, 4) is 11.4 Å². The lowest BCUT2D eigenvalue weighted by Crippen LogP contribution is -1.98. The van der Waals surface area contributed by atoms with Crippen molar-refractivity contribution in [3.05, 3.63) is 41.0 Å². The summed E-state index contributed by atoms with van der Waals surface area (Å²) < 4.78 is 0. The van der Waals surface area contributed by atoms with Crippen molar-refractivity contribution in [3.63, 3.8) is 0 Å². The Morgan fingerprint density at radius 3 is 2.06 bits per heavy atom. The van der Waals surface area contributed by atoms with Gasteiger partial charge in [0, 0.05) is 22.6 Å². The molecule has 0 aliphatic carbocycles. The molecule has 3 nitrogen and oxygen atoms in total. The minimum atomic E-state index is 0.402. The molecule has 0 saturated carbocycles. The average molecular weight is 248 g/mol. The van der Waals surface area contributed by atoms with Crippen LogP contribution in [0, 0.1) is 20.8 Å². The number of aryl methyl sites for hydroxylation is 3. The molecule has 0 unspecified atom stereocenters. The highest BCUT2D eigenvalue weighted by Crippen LogP contribution is 2.18. The molecule has 88 valence electrons. The van der Waals surface area contributed by atoms with E-state index in [2.05, 4.69) is 15.0 Å². The van der Waals surface area contributed by atoms with E-state index in [0.717, 1.165) is 28.3 Å². The van der Waals surface area contributed by atoms with Gasteiger partial charge in [-0.3, -0.25) is 4.98 Å². The fourth-order valence-corrected chi connectivity index (χ4v) is 1.93. The lowest BCUT2D eigenvalue weighted by atomic mass is 10.2. The summed E-state index contributed by atoms with van der Waals surface area (Å²) in [4.78, 5) is 13.2. The fraction of sp³-hybridized carbons (Fsp3) is 0.308. The maximum absolute atomic E-state index is 5.82. The van der Waals surface area contributed by atoms with Crippen LogP contribution in [0.4, 0.5) is 0 Å². The monoisotopic (exact) mass is 247 g/mol. The zero-order valence-electron chi connectivity index (χ0n) is 10.2. The van der Waals surface area contributed by atoms with E-state index in [-0.39, 0.29) is 0 Å². The Morgan fingerprint density at radius 2 is 1.47 bits per heavy atom. The Labute approximate surface area is 106 Å². The topological polar surface area (TPSA) is 38.7 Å². The largest absolute Gasteiger partial charge is 0.258 e. The van der Waals surface area contributed by atoms with Gasteiger partial charge in [0.2, 0.25) is 0 Å². The maximum atomic E-state index is 5.82. The molecule has 0 amide bonds. The number of nitrogens with zero attached hydrogens (tertiary/aromatic N) is 3. The predicted molar refractivity (Wildman–Crippen MR) is 69.0 cm³/mol. The molecule has 2 aromatic rings. The summed E-state index contributed by atoms with van der Waals surface area (Å²) >= 11 is 5.82. The molecule has 2 rings (SSSR count). The fourth-order valence-electron chi connectivity index (χ4n) is 1.79. The van der Waals surface area contributed by atoms with E-state index in [1.807, 2.05) is 39.0 Å². The van der Waals surface area contributed by atoms with Gasteiger partial charge in [0.15, 0.2) is 5.82 Å². The van der Waals surface area contributed by atoms with Gasteiger partial charge in [0.1, 0.15) is 0 Å². The van der Waals surface area contributed by atoms with Crippen molar-refractivity contribution >= 4 is 11.6 Å². The molecule has 0 fully saturated rings. The first kappa shape index (κ1) is 12.0. The zero-order valence-corrected chi connectivity index (χ0v) is 10.9. The first-order valence-electron chi connectivity index (χ1n) is 5.44. The van der Waals surface area contributed by atoms with Gasteiger partial charge in [-0.1, -0.05) is 0 Å². The van der Waals surface area contributed by atoms with E-state index >= 15 is 0 Å². The van der Waals surface area contributed by atoms with Crippen LogP contribution in [0.15, 0.2) is 18.2 Å². The van der Waals surface area contributed by atoms with Crippen molar-refractivity contribution in [1.82, 2.24) is 15.0 Å². The molecule has 0 atom stereocenters. The highest BCUT2D eigenvalue weighted by Gasteiger charge is 2.06. The van der Waals surface area contributed by atoms with Gasteiger partial charge in [0.05, 0.1) is 11.6 Å².